The molecule has 8 atom stereocenters. The lowest BCUT2D eigenvalue weighted by Gasteiger charge is -2.27. The average molecular weight is 1100 g/mol. The molecule has 0 unspecified atom stereocenters. The van der Waals surface area contributed by atoms with Crippen LogP contribution in [0.1, 0.15) is 56.6 Å². The second kappa shape index (κ2) is 32.5. The summed E-state index contributed by atoms with van der Waals surface area (Å²) in [6.45, 7) is 1.56. The van der Waals surface area contributed by atoms with Crippen LogP contribution in [0.15, 0.2) is 70.8 Å². The number of hydrogen-bond donors (Lipinski definition) is 18. The Labute approximate surface area is 449 Å². The number of nitrogens with two attached hydrogens (primary N) is 6. The van der Waals surface area contributed by atoms with Gasteiger partial charge in [-0.2, -0.15) is 25.3 Å². The number of carboxylic acid groups (broad SMARTS) is 1. The molecule has 0 radical (unpaired) electrons. The van der Waals surface area contributed by atoms with Crippen LogP contribution in [0.5, 0.6) is 0 Å². The molecule has 0 aliphatic heterocycles. The van der Waals surface area contributed by atoms with E-state index >= 15 is 0 Å². The van der Waals surface area contributed by atoms with Crippen LogP contribution in [0.25, 0.3) is 10.9 Å². The van der Waals surface area contributed by atoms with Gasteiger partial charge >= 0.3 is 12.0 Å². The molecule has 0 aliphatic carbocycles. The predicted molar refractivity (Wildman–Crippen MR) is 291 cm³/mol. The third-order valence-electron chi connectivity index (χ3n) is 11.5. The number of primary amides is 1. The Morgan fingerprint density at radius 3 is 1.61 bits per heavy atom. The number of carboxylic acids is 1. The first-order valence-electron chi connectivity index (χ1n) is 24.2. The van der Waals surface area contributed by atoms with Crippen molar-refractivity contribution < 1.29 is 48.3 Å². The van der Waals surface area contributed by atoms with Gasteiger partial charge < -0.3 is 87.0 Å². The lowest BCUT2D eigenvalue weighted by molar-refractivity contribution is -0.141. The maximum atomic E-state index is 14.5. The summed E-state index contributed by atoms with van der Waals surface area (Å²) in [7, 11) is 0. The first-order chi connectivity index (χ1) is 36.1. The minimum absolute atomic E-state index is 0.0173. The van der Waals surface area contributed by atoms with Gasteiger partial charge in [0.2, 0.25) is 41.4 Å². The van der Waals surface area contributed by atoms with Crippen molar-refractivity contribution in [3.05, 3.63) is 71.9 Å². The van der Waals surface area contributed by atoms with Crippen LogP contribution in [-0.4, -0.2) is 155 Å². The number of amides is 9. The van der Waals surface area contributed by atoms with Gasteiger partial charge in [0.25, 0.3) is 0 Å². The minimum Gasteiger partial charge on any atom is -0.480 e. The summed E-state index contributed by atoms with van der Waals surface area (Å²) in [4.78, 5) is 131. The maximum absolute atomic E-state index is 14.5. The Kier molecular flexibility index (Phi) is 26.7. The van der Waals surface area contributed by atoms with Gasteiger partial charge in [-0.15, -0.1) is 0 Å². The second-order valence-electron chi connectivity index (χ2n) is 17.5. The number of H-pyrrole nitrogens is 1. The van der Waals surface area contributed by atoms with E-state index in [-0.39, 0.29) is 88.0 Å². The number of para-hydroxylation sites is 1. The molecule has 76 heavy (non-hydrogen) atoms. The van der Waals surface area contributed by atoms with E-state index in [0.29, 0.717) is 17.5 Å². The number of thiol groups is 2. The van der Waals surface area contributed by atoms with E-state index in [9.17, 15) is 48.3 Å². The van der Waals surface area contributed by atoms with Crippen LogP contribution in [0.2, 0.25) is 0 Å². The average Bonchev–Trinajstić information content (AvgIpc) is 3.79. The van der Waals surface area contributed by atoms with E-state index < -0.39 is 102 Å². The summed E-state index contributed by atoms with van der Waals surface area (Å²) >= 11 is 8.23. The molecule has 0 fully saturated rings. The second-order valence-corrected chi connectivity index (χ2v) is 18.2. The first kappa shape index (κ1) is 62.5. The summed E-state index contributed by atoms with van der Waals surface area (Å²) in [5, 5.41) is 30.9. The molecule has 416 valence electrons. The van der Waals surface area contributed by atoms with Gasteiger partial charge in [-0.25, -0.2) is 9.59 Å². The van der Waals surface area contributed by atoms with E-state index in [1.165, 1.54) is 6.92 Å². The first-order valence-corrected chi connectivity index (χ1v) is 25.5. The predicted octanol–water partition coefficient (Wildman–Crippen LogP) is -3.81. The monoisotopic (exact) mass is 1100 g/mol. The molecular formula is C47H71N17O10S2. The smallest absolute Gasteiger partial charge is 0.327 e. The Balaban J connectivity index is 1.92. The van der Waals surface area contributed by atoms with Crippen LogP contribution in [0.4, 0.5) is 4.79 Å². The fourth-order valence-corrected chi connectivity index (χ4v) is 7.93. The van der Waals surface area contributed by atoms with Gasteiger partial charge in [0, 0.05) is 61.1 Å². The Morgan fingerprint density at radius 1 is 0.566 bits per heavy atom. The number of aliphatic imine (C=N–C) groups is 2. The highest BCUT2D eigenvalue weighted by atomic mass is 32.1. The van der Waals surface area contributed by atoms with Crippen LogP contribution >= 0.6 is 25.3 Å². The Hall–Kier alpha value is -7.79. The van der Waals surface area contributed by atoms with E-state index in [2.05, 4.69) is 82.8 Å². The lowest BCUT2D eigenvalue weighted by atomic mass is 10.0. The molecule has 1 aromatic heterocycles. The molecule has 0 saturated heterocycles. The molecule has 22 N–H and O–H groups in total. The Morgan fingerprint density at radius 2 is 1.04 bits per heavy atom. The van der Waals surface area contributed by atoms with Gasteiger partial charge in [0.05, 0.1) is 6.04 Å². The number of aliphatic carboxylic acids is 1. The number of nitrogens with one attached hydrogen (secondary N) is 9. The third kappa shape index (κ3) is 22.0. The van der Waals surface area contributed by atoms with Crippen LogP contribution in [-0.2, 0) is 51.2 Å². The van der Waals surface area contributed by atoms with Crippen molar-refractivity contribution in [2.45, 2.75) is 107 Å². The highest BCUT2D eigenvalue weighted by Crippen LogP contribution is 2.20. The molecule has 0 spiro atoms. The fourth-order valence-electron chi connectivity index (χ4n) is 7.42. The zero-order valence-corrected chi connectivity index (χ0v) is 43.7. The molecule has 2 aromatic carbocycles. The van der Waals surface area contributed by atoms with Gasteiger partial charge in [-0.3, -0.25) is 43.5 Å². The van der Waals surface area contributed by atoms with E-state index in [1.54, 1.807) is 54.7 Å². The number of carbonyl (C=O) groups excluding carboxylic acids is 8. The quantitative estimate of drug-likeness (QED) is 0.0120. The molecule has 0 saturated carbocycles. The largest absolute Gasteiger partial charge is 0.480 e. The minimum atomic E-state index is -1.43. The summed E-state index contributed by atoms with van der Waals surface area (Å²) in [6.07, 6.45) is 1.95. The highest BCUT2D eigenvalue weighted by Gasteiger charge is 2.34. The number of fused-ring (bicyclic) bond motifs is 1. The molecule has 29 heteroatoms. The van der Waals surface area contributed by atoms with Gasteiger partial charge in [-0.05, 0) is 62.6 Å². The van der Waals surface area contributed by atoms with Crippen molar-refractivity contribution in [2.75, 3.05) is 31.1 Å². The number of carbonyl (C=O) groups is 9. The fraction of sp³-hybridized carbons (Fsp3) is 0.468. The SMILES string of the molecule is C[C@@H](NC(=O)[C@H](CS)NC(=O)[C@@H](N)CCCN=C(N)N)C(=O)N[C@@H](CCCNC(N)=O)C(=O)N[C@H](Cc1ccccc1)C(=O)N[C@@H](CCCN=C(N)N)C(=O)N[C@@H](Cc1c[nH]c2ccccc12)C(=O)N[C@@H](CS)C(=O)O. The molecule has 0 bridgehead atoms. The molecule has 3 aromatic rings. The van der Waals surface area contributed by atoms with E-state index in [4.69, 9.17) is 34.4 Å². The van der Waals surface area contributed by atoms with Crippen LogP contribution in [0, 0.1) is 0 Å². The maximum Gasteiger partial charge on any atom is 0.327 e. The zero-order chi connectivity index (χ0) is 56.3. The highest BCUT2D eigenvalue weighted by molar-refractivity contribution is 7.80. The molecular weight excluding hydrogens is 1030 g/mol. The molecule has 1 heterocycles. The van der Waals surface area contributed by atoms with Gasteiger partial charge in [0.1, 0.15) is 42.3 Å². The van der Waals surface area contributed by atoms with Gasteiger partial charge in [-0.1, -0.05) is 48.5 Å². The molecule has 3 rings (SSSR count). The van der Waals surface area contributed by atoms with Crippen molar-refractivity contribution in [1.82, 2.24) is 47.5 Å². The summed E-state index contributed by atoms with van der Waals surface area (Å²) in [5.41, 5.74) is 34.9. The number of rotatable bonds is 33. The summed E-state index contributed by atoms with van der Waals surface area (Å²) in [6, 6.07) is 4.27. The van der Waals surface area contributed by atoms with Gasteiger partial charge in [0.15, 0.2) is 11.9 Å². The Bertz CT molecular complexity index is 2510. The third-order valence-corrected chi connectivity index (χ3v) is 12.2. The van der Waals surface area contributed by atoms with Crippen molar-refractivity contribution in [3.8, 4) is 0 Å². The van der Waals surface area contributed by atoms with Crippen LogP contribution in [0.3, 0.4) is 0 Å². The normalized spacial score (nSPS) is 14.1. The molecule has 9 amide bonds. The molecule has 27 nitrogen and oxygen atoms in total. The topological polar surface area (TPSA) is 467 Å². The number of nitrogens with zero attached hydrogens (tertiary/aromatic N) is 2. The number of guanidine groups is 2. The number of aromatic amines is 1. The van der Waals surface area contributed by atoms with Crippen molar-refractivity contribution in [1.29, 1.82) is 0 Å². The lowest BCUT2D eigenvalue weighted by Crippen LogP contribution is -2.60. The number of benzene rings is 2. The molecule has 0 aliphatic rings. The number of urea groups is 1. The number of hydrogen-bond acceptors (Lipinski definition) is 14. The summed E-state index contributed by atoms with van der Waals surface area (Å²) in [5.74, 6) is -7.93. The van der Waals surface area contributed by atoms with Crippen molar-refractivity contribution in [3.63, 3.8) is 0 Å². The number of aromatic nitrogens is 1. The standard InChI is InChI=1S/C47H71N17O10S2/c1-25(58-43(71)35(23-75)63-38(66)29(48)13-7-17-54-45(49)50)37(65)59-31(16-9-19-56-47(53)74)39(67)61-33(20-26-10-3-2-4-11-26)41(69)60-32(15-8-18-55-46(51)52)40(68)62-34(42(70)64-36(24-76)44(72)73)21-27-22-57-30-14-6-5-12-28(27)30/h2-6,10-12,14,22,25,29,31-36,57,75-76H,7-9,13,15-21,23-24,48H2,1H3,(H,58,71)(H,59,65)(H,60,69)(H,61,67)(H,62,68)(H,63,66)(H,64,70)(H,72,73)(H4,49,50,54)(H4,51,52,55)(H3,53,56,74)/t25-,29+,31+,32+,33-,34+,35+,36+/m1/s1. The van der Waals surface area contributed by atoms with Crippen molar-refractivity contribution in [2.24, 2.45) is 44.4 Å². The van der Waals surface area contributed by atoms with E-state index in [0.717, 1.165) is 10.9 Å². The van der Waals surface area contributed by atoms with E-state index in [1.807, 2.05) is 6.07 Å². The summed E-state index contributed by atoms with van der Waals surface area (Å²) < 4.78 is 0. The van der Waals surface area contributed by atoms with Crippen molar-refractivity contribution >= 4 is 101 Å². The van der Waals surface area contributed by atoms with Crippen LogP contribution < -0.4 is 76.9 Å². The zero-order valence-electron chi connectivity index (χ0n) is 42.0.